The van der Waals surface area contributed by atoms with Crippen LogP contribution >= 0.6 is 27.5 Å². The molecule has 0 fully saturated rings. The van der Waals surface area contributed by atoms with Crippen LogP contribution < -0.4 is 5.73 Å². The predicted octanol–water partition coefficient (Wildman–Crippen LogP) is 3.59. The molecule has 0 aliphatic carbocycles. The monoisotopic (exact) mass is 343 g/mol. The molecule has 0 bridgehead atoms. The number of hydrogen-bond acceptors (Lipinski definition) is 2. The Morgan fingerprint density at radius 2 is 2.21 bits per heavy atom. The van der Waals surface area contributed by atoms with Gasteiger partial charge in [-0.3, -0.25) is 0 Å². The van der Waals surface area contributed by atoms with Crippen LogP contribution in [0.15, 0.2) is 27.7 Å². The second kappa shape index (κ2) is 5.51. The maximum Gasteiger partial charge on any atom is 0.346 e. The number of nitrogens with two attached hydrogens (primary N) is 1. The molecule has 0 saturated carbocycles. The van der Waals surface area contributed by atoms with Crippen molar-refractivity contribution in [1.29, 1.82) is 0 Å². The average Bonchev–Trinajstić information content (AvgIpc) is 2.54. The van der Waals surface area contributed by atoms with Gasteiger partial charge in [0.25, 0.3) is 0 Å². The summed E-state index contributed by atoms with van der Waals surface area (Å²) >= 11 is 9.61. The van der Waals surface area contributed by atoms with Crippen molar-refractivity contribution in [3.8, 4) is 0 Å². The third-order valence-electron chi connectivity index (χ3n) is 2.88. The zero-order valence-corrected chi connectivity index (χ0v) is 13.1. The highest BCUT2D eigenvalue weighted by atomic mass is 79.9. The molecule has 19 heavy (non-hydrogen) atoms. The van der Waals surface area contributed by atoms with Crippen LogP contribution in [0.25, 0.3) is 0 Å². The highest BCUT2D eigenvalue weighted by molar-refractivity contribution is 9.10. The second-order valence-corrected chi connectivity index (χ2v) is 6.26. The van der Waals surface area contributed by atoms with E-state index in [1.165, 1.54) is 0 Å². The highest BCUT2D eigenvalue weighted by Crippen LogP contribution is 2.33. The standard InChI is InChI=1S/C13H15BrClN3O/c1-7(2)6-18-11(12(16)17-13(18)19)9-4-3-8(14)5-10(9)15/h3-5,7,11H,6H2,1-2H3,(H2,16,17,19). The summed E-state index contributed by atoms with van der Waals surface area (Å²) in [5, 5.41) is 0.570. The van der Waals surface area contributed by atoms with Gasteiger partial charge < -0.3 is 10.6 Å². The van der Waals surface area contributed by atoms with Gasteiger partial charge >= 0.3 is 6.03 Å². The summed E-state index contributed by atoms with van der Waals surface area (Å²) in [6.07, 6.45) is 0. The van der Waals surface area contributed by atoms with Crippen LogP contribution in [0.4, 0.5) is 4.79 Å². The van der Waals surface area contributed by atoms with Crippen molar-refractivity contribution in [1.82, 2.24) is 4.90 Å². The summed E-state index contributed by atoms with van der Waals surface area (Å²) in [5.41, 5.74) is 6.69. The van der Waals surface area contributed by atoms with E-state index in [4.69, 9.17) is 17.3 Å². The van der Waals surface area contributed by atoms with E-state index in [0.29, 0.717) is 23.3 Å². The lowest BCUT2D eigenvalue weighted by Crippen LogP contribution is -2.36. The van der Waals surface area contributed by atoms with Crippen molar-refractivity contribution >= 4 is 39.4 Å². The fourth-order valence-corrected chi connectivity index (χ4v) is 2.91. The van der Waals surface area contributed by atoms with E-state index in [9.17, 15) is 4.79 Å². The molecule has 2 rings (SSSR count). The van der Waals surface area contributed by atoms with E-state index in [2.05, 4.69) is 20.9 Å². The van der Waals surface area contributed by atoms with Gasteiger partial charge in [0.2, 0.25) is 0 Å². The number of benzene rings is 1. The van der Waals surface area contributed by atoms with Crippen molar-refractivity contribution < 1.29 is 4.79 Å². The molecule has 2 N–H and O–H groups in total. The first-order valence-electron chi connectivity index (χ1n) is 5.99. The summed E-state index contributed by atoms with van der Waals surface area (Å²) in [5.74, 6) is 0.636. The molecule has 0 spiro atoms. The molecule has 4 nitrogen and oxygen atoms in total. The third kappa shape index (κ3) is 2.92. The quantitative estimate of drug-likeness (QED) is 0.911. The fraction of sp³-hybridized carbons (Fsp3) is 0.385. The van der Waals surface area contributed by atoms with Gasteiger partial charge in [0.1, 0.15) is 11.9 Å². The summed E-state index contributed by atoms with van der Waals surface area (Å²) in [6.45, 7) is 4.68. The largest absolute Gasteiger partial charge is 0.385 e. The van der Waals surface area contributed by atoms with Gasteiger partial charge in [-0.05, 0) is 18.1 Å². The highest BCUT2D eigenvalue weighted by Gasteiger charge is 2.35. The van der Waals surface area contributed by atoms with Crippen molar-refractivity contribution in [3.05, 3.63) is 33.3 Å². The van der Waals surface area contributed by atoms with Crippen molar-refractivity contribution in [3.63, 3.8) is 0 Å². The van der Waals surface area contributed by atoms with Crippen LogP contribution in [0.2, 0.25) is 5.02 Å². The number of urea groups is 1. The maximum absolute atomic E-state index is 11.9. The molecule has 1 atom stereocenters. The van der Waals surface area contributed by atoms with E-state index in [-0.39, 0.29) is 12.1 Å². The van der Waals surface area contributed by atoms with Crippen molar-refractivity contribution in [2.45, 2.75) is 19.9 Å². The molecule has 1 aromatic carbocycles. The molecule has 1 aliphatic rings. The van der Waals surface area contributed by atoms with Gasteiger partial charge in [-0.1, -0.05) is 47.4 Å². The molecule has 0 radical (unpaired) electrons. The number of aliphatic imine (C=N–C) groups is 1. The Bertz CT molecular complexity index is 545. The van der Waals surface area contributed by atoms with Crippen LogP contribution in [-0.4, -0.2) is 23.3 Å². The molecule has 1 aliphatic heterocycles. The SMILES string of the molecule is CC(C)CN1C(=O)N=C(N)C1c1ccc(Br)cc1Cl. The summed E-state index contributed by atoms with van der Waals surface area (Å²) in [4.78, 5) is 17.4. The number of carbonyl (C=O) groups excluding carboxylic acids is 1. The summed E-state index contributed by atoms with van der Waals surface area (Å²) in [7, 11) is 0. The van der Waals surface area contributed by atoms with Crippen molar-refractivity contribution in [2.75, 3.05) is 6.54 Å². The van der Waals surface area contributed by atoms with Crippen LogP contribution in [-0.2, 0) is 0 Å². The normalized spacial score (nSPS) is 19.2. The van der Waals surface area contributed by atoms with Gasteiger partial charge in [-0.15, -0.1) is 0 Å². The smallest absolute Gasteiger partial charge is 0.346 e. The van der Waals surface area contributed by atoms with Gasteiger partial charge in [0.05, 0.1) is 0 Å². The van der Waals surface area contributed by atoms with Crippen LogP contribution in [0.1, 0.15) is 25.5 Å². The molecule has 0 aromatic heterocycles. The third-order valence-corrected chi connectivity index (χ3v) is 3.70. The van der Waals surface area contributed by atoms with Crippen LogP contribution in [0.3, 0.4) is 0 Å². The van der Waals surface area contributed by atoms with E-state index >= 15 is 0 Å². The van der Waals surface area contributed by atoms with E-state index < -0.39 is 0 Å². The first kappa shape index (κ1) is 14.3. The topological polar surface area (TPSA) is 58.7 Å². The molecule has 1 aromatic rings. The molecule has 0 saturated heterocycles. The Morgan fingerprint density at radius 1 is 1.53 bits per heavy atom. The fourth-order valence-electron chi connectivity index (χ4n) is 2.13. The molecule has 1 unspecified atom stereocenters. The minimum absolute atomic E-state index is 0.296. The Kier molecular flexibility index (Phi) is 4.16. The van der Waals surface area contributed by atoms with E-state index in [1.807, 2.05) is 26.0 Å². The summed E-state index contributed by atoms with van der Waals surface area (Å²) < 4.78 is 0.886. The molecule has 6 heteroatoms. The number of halogens is 2. The Balaban J connectivity index is 2.39. The number of carbonyl (C=O) groups is 1. The lowest BCUT2D eigenvalue weighted by atomic mass is 10.0. The van der Waals surface area contributed by atoms with Gasteiger partial charge in [-0.25, -0.2) is 4.79 Å². The van der Waals surface area contributed by atoms with Gasteiger partial charge in [-0.2, -0.15) is 4.99 Å². The maximum atomic E-state index is 11.9. The average molecular weight is 345 g/mol. The number of nitrogens with zero attached hydrogens (tertiary/aromatic N) is 2. The Labute approximate surface area is 125 Å². The number of hydrogen-bond donors (Lipinski definition) is 1. The van der Waals surface area contributed by atoms with Crippen LogP contribution in [0, 0.1) is 5.92 Å². The molecular weight excluding hydrogens is 330 g/mol. The molecule has 102 valence electrons. The van der Waals surface area contributed by atoms with Gasteiger partial charge in [0, 0.05) is 21.6 Å². The Morgan fingerprint density at radius 3 is 2.79 bits per heavy atom. The number of amides is 2. The Hall–Kier alpha value is -1.07. The zero-order valence-electron chi connectivity index (χ0n) is 10.7. The van der Waals surface area contributed by atoms with Crippen molar-refractivity contribution in [2.24, 2.45) is 16.6 Å². The number of rotatable bonds is 3. The minimum Gasteiger partial charge on any atom is -0.385 e. The van der Waals surface area contributed by atoms with E-state index in [1.54, 1.807) is 11.0 Å². The second-order valence-electron chi connectivity index (χ2n) is 4.93. The first-order valence-corrected chi connectivity index (χ1v) is 7.17. The van der Waals surface area contributed by atoms with E-state index in [0.717, 1.165) is 10.0 Å². The lowest BCUT2D eigenvalue weighted by Gasteiger charge is -2.26. The minimum atomic E-state index is -0.365. The molecular formula is C13H15BrClN3O. The zero-order chi connectivity index (χ0) is 14.2. The lowest BCUT2D eigenvalue weighted by molar-refractivity contribution is 0.199. The number of amidine groups is 1. The van der Waals surface area contributed by atoms with Gasteiger partial charge in [0.15, 0.2) is 0 Å². The summed E-state index contributed by atoms with van der Waals surface area (Å²) in [6, 6.07) is 4.88. The molecule has 2 amide bonds. The molecule has 1 heterocycles. The van der Waals surface area contributed by atoms with Crippen LogP contribution in [0.5, 0.6) is 0 Å². The first-order chi connectivity index (χ1) is 8.90. The predicted molar refractivity (Wildman–Crippen MR) is 80.5 cm³/mol.